The first-order chi connectivity index (χ1) is 14.1. The molecule has 0 spiro atoms. The fourth-order valence-corrected chi connectivity index (χ4v) is 3.88. The van der Waals surface area contributed by atoms with E-state index in [1.54, 1.807) is 12.1 Å². The van der Waals surface area contributed by atoms with Crippen LogP contribution in [0, 0.1) is 0 Å². The lowest BCUT2D eigenvalue weighted by molar-refractivity contribution is -0.138. The van der Waals surface area contributed by atoms with Crippen molar-refractivity contribution >= 4 is 17.5 Å². The van der Waals surface area contributed by atoms with Gasteiger partial charge in [-0.3, -0.25) is 4.79 Å². The highest BCUT2D eigenvalue weighted by Crippen LogP contribution is 2.44. The second-order valence-electron chi connectivity index (χ2n) is 7.78. The van der Waals surface area contributed by atoms with E-state index in [1.807, 2.05) is 19.1 Å². The number of hydrogen-bond acceptors (Lipinski definition) is 3. The molecule has 2 aromatic rings. The summed E-state index contributed by atoms with van der Waals surface area (Å²) in [6.07, 6.45) is -4.47. The molecule has 2 aromatic carbocycles. The molecule has 8 heteroatoms. The Morgan fingerprint density at radius 3 is 2.07 bits per heavy atom. The van der Waals surface area contributed by atoms with Crippen molar-refractivity contribution in [1.82, 2.24) is 5.32 Å². The summed E-state index contributed by atoms with van der Waals surface area (Å²) in [4.78, 5) is 12.1. The predicted molar refractivity (Wildman–Crippen MR) is 107 cm³/mol. The molecule has 1 aliphatic rings. The van der Waals surface area contributed by atoms with Gasteiger partial charge in [0.1, 0.15) is 0 Å². The van der Waals surface area contributed by atoms with E-state index in [9.17, 15) is 18.0 Å². The third-order valence-electron chi connectivity index (χ3n) is 5.23. The van der Waals surface area contributed by atoms with E-state index in [0.717, 1.165) is 17.7 Å². The van der Waals surface area contributed by atoms with E-state index in [1.165, 1.54) is 12.1 Å². The van der Waals surface area contributed by atoms with Gasteiger partial charge in [-0.25, -0.2) is 0 Å². The van der Waals surface area contributed by atoms with E-state index in [-0.39, 0.29) is 25.0 Å². The highest BCUT2D eigenvalue weighted by Gasteiger charge is 2.40. The lowest BCUT2D eigenvalue weighted by Crippen LogP contribution is -2.51. The molecule has 0 aromatic heterocycles. The normalized spacial score (nSPS) is 24.5. The summed E-state index contributed by atoms with van der Waals surface area (Å²) < 4.78 is 45.0. The zero-order chi connectivity index (χ0) is 21.9. The molecule has 0 saturated carbocycles. The van der Waals surface area contributed by atoms with Crippen molar-refractivity contribution in [3.8, 4) is 0 Å². The number of benzene rings is 2. The Balaban J connectivity index is 1.89. The molecule has 1 heterocycles. The molecule has 0 aliphatic carbocycles. The molecule has 30 heavy (non-hydrogen) atoms. The summed E-state index contributed by atoms with van der Waals surface area (Å²) >= 11 is 5.97. The van der Waals surface area contributed by atoms with Crippen LogP contribution >= 0.6 is 11.6 Å². The monoisotopic (exact) mass is 441 g/mol. The van der Waals surface area contributed by atoms with Crippen LogP contribution in [0.3, 0.4) is 0 Å². The number of carbonyl (C=O) groups excluding carboxylic acids is 1. The van der Waals surface area contributed by atoms with Crippen molar-refractivity contribution < 1.29 is 27.8 Å². The maximum atomic E-state index is 12.9. The van der Waals surface area contributed by atoms with Gasteiger partial charge in [-0.2, -0.15) is 13.2 Å². The Kier molecular flexibility index (Phi) is 6.75. The molecule has 0 bridgehead atoms. The van der Waals surface area contributed by atoms with E-state index in [4.69, 9.17) is 21.4 Å². The summed E-state index contributed by atoms with van der Waals surface area (Å²) in [5, 5.41) is 12.6. The highest BCUT2D eigenvalue weighted by atomic mass is 35.5. The van der Waals surface area contributed by atoms with Crippen molar-refractivity contribution in [2.45, 2.75) is 50.1 Å². The molecular weight excluding hydrogens is 419 g/mol. The summed E-state index contributed by atoms with van der Waals surface area (Å²) in [6.45, 7) is 1.62. The van der Waals surface area contributed by atoms with Crippen molar-refractivity contribution in [2.24, 2.45) is 0 Å². The average molecular weight is 442 g/mol. The van der Waals surface area contributed by atoms with E-state index >= 15 is 0 Å². The van der Waals surface area contributed by atoms with Crippen LogP contribution in [0.2, 0.25) is 5.02 Å². The van der Waals surface area contributed by atoms with Crippen LogP contribution in [0.4, 0.5) is 13.2 Å². The summed E-state index contributed by atoms with van der Waals surface area (Å²) in [5.41, 5.74) is 0.0700. The van der Waals surface area contributed by atoms with Crippen LogP contribution in [-0.2, 0) is 15.7 Å². The van der Waals surface area contributed by atoms with Gasteiger partial charge in [0.25, 0.3) is 0 Å². The molecular formula is C22H23ClF3NO3. The molecule has 3 rings (SSSR count). The number of hydrogen-bond donors (Lipinski definition) is 2. The molecule has 0 unspecified atom stereocenters. The molecule has 1 saturated heterocycles. The number of amides is 1. The third-order valence-corrected chi connectivity index (χ3v) is 5.48. The van der Waals surface area contributed by atoms with E-state index < -0.39 is 23.4 Å². The number of halogens is 4. The lowest BCUT2D eigenvalue weighted by atomic mass is 9.81. The van der Waals surface area contributed by atoms with Gasteiger partial charge in [-0.1, -0.05) is 35.9 Å². The number of aliphatic hydroxyl groups is 1. The third kappa shape index (κ3) is 5.53. The number of rotatable bonds is 5. The number of ether oxygens (including phenoxy) is 1. The maximum absolute atomic E-state index is 12.9. The van der Waals surface area contributed by atoms with Crippen LogP contribution in [0.25, 0.3) is 0 Å². The Bertz CT molecular complexity index is 871. The van der Waals surface area contributed by atoms with Crippen LogP contribution in [-0.4, -0.2) is 23.2 Å². The van der Waals surface area contributed by atoms with Gasteiger partial charge >= 0.3 is 6.18 Å². The average Bonchev–Trinajstić information content (AvgIpc) is 2.67. The quantitative estimate of drug-likeness (QED) is 0.669. The topological polar surface area (TPSA) is 58.6 Å². The summed E-state index contributed by atoms with van der Waals surface area (Å²) in [7, 11) is 0. The fraction of sp³-hybridized carbons (Fsp3) is 0.409. The molecule has 4 nitrogen and oxygen atoms in total. The zero-order valence-electron chi connectivity index (χ0n) is 16.4. The van der Waals surface area contributed by atoms with Crippen molar-refractivity contribution in [1.29, 1.82) is 0 Å². The first kappa shape index (κ1) is 22.6. The Morgan fingerprint density at radius 2 is 1.60 bits per heavy atom. The standard InChI is InChI=1S/C22H23ClF3NO3/c1-21(27-20(29)10-11-28)12-18(14-2-6-16(7-3-14)22(24,25)26)30-19(13-21)15-4-8-17(23)9-5-15/h2-9,18-19,28H,10-13H2,1H3,(H,27,29)/t18-,19+,21-/m1/s1. The van der Waals surface area contributed by atoms with Crippen LogP contribution in [0.1, 0.15) is 55.1 Å². The van der Waals surface area contributed by atoms with Crippen molar-refractivity contribution in [2.75, 3.05) is 6.61 Å². The Hall–Kier alpha value is -2.09. The molecule has 1 aliphatic heterocycles. The molecule has 1 fully saturated rings. The van der Waals surface area contributed by atoms with Crippen molar-refractivity contribution in [3.05, 3.63) is 70.2 Å². The smallest absolute Gasteiger partial charge is 0.396 e. The second-order valence-corrected chi connectivity index (χ2v) is 8.21. The van der Waals surface area contributed by atoms with Gasteiger partial charge < -0.3 is 15.2 Å². The van der Waals surface area contributed by atoms with Crippen LogP contribution < -0.4 is 5.32 Å². The number of nitrogens with one attached hydrogen (secondary N) is 1. The molecule has 3 atom stereocenters. The van der Waals surface area contributed by atoms with E-state index in [2.05, 4.69) is 5.32 Å². The maximum Gasteiger partial charge on any atom is 0.416 e. The Labute approximate surface area is 178 Å². The minimum atomic E-state index is -4.41. The zero-order valence-corrected chi connectivity index (χ0v) is 17.1. The first-order valence-electron chi connectivity index (χ1n) is 9.59. The summed E-state index contributed by atoms with van der Waals surface area (Å²) in [5.74, 6) is -0.289. The van der Waals surface area contributed by atoms with Crippen LogP contribution in [0.15, 0.2) is 48.5 Å². The predicted octanol–water partition coefficient (Wildman–Crippen LogP) is 5.21. The van der Waals surface area contributed by atoms with Gasteiger partial charge in [0, 0.05) is 29.8 Å². The Morgan fingerprint density at radius 1 is 1.10 bits per heavy atom. The highest BCUT2D eigenvalue weighted by molar-refractivity contribution is 6.30. The minimum Gasteiger partial charge on any atom is -0.396 e. The minimum absolute atomic E-state index is 0.0208. The summed E-state index contributed by atoms with van der Waals surface area (Å²) in [6, 6.07) is 12.0. The van der Waals surface area contributed by atoms with Crippen LogP contribution in [0.5, 0.6) is 0 Å². The van der Waals surface area contributed by atoms with Gasteiger partial charge in [-0.05, 0) is 42.3 Å². The van der Waals surface area contributed by atoms with Gasteiger partial charge in [0.05, 0.1) is 24.4 Å². The number of aliphatic hydroxyl groups excluding tert-OH is 1. The van der Waals surface area contributed by atoms with E-state index in [0.29, 0.717) is 23.4 Å². The van der Waals surface area contributed by atoms with Gasteiger partial charge in [-0.15, -0.1) is 0 Å². The molecule has 162 valence electrons. The number of carbonyl (C=O) groups is 1. The molecule has 1 amide bonds. The number of alkyl halides is 3. The fourth-order valence-electron chi connectivity index (χ4n) is 3.76. The first-order valence-corrected chi connectivity index (χ1v) is 9.97. The SMILES string of the molecule is C[C@]1(NC(=O)CCO)C[C@@H](c2ccc(Cl)cc2)O[C@@H](c2ccc(C(F)(F)F)cc2)C1. The van der Waals surface area contributed by atoms with Crippen molar-refractivity contribution in [3.63, 3.8) is 0 Å². The molecule has 2 N–H and O–H groups in total. The molecule has 0 radical (unpaired) electrons. The van der Waals surface area contributed by atoms with Gasteiger partial charge in [0.2, 0.25) is 5.91 Å². The lowest BCUT2D eigenvalue weighted by Gasteiger charge is -2.43. The second kappa shape index (κ2) is 8.96. The van der Waals surface area contributed by atoms with Gasteiger partial charge in [0.15, 0.2) is 0 Å². The largest absolute Gasteiger partial charge is 0.416 e.